The van der Waals surface area contributed by atoms with Crippen LogP contribution in [0.2, 0.25) is 5.02 Å². The van der Waals surface area contributed by atoms with Gasteiger partial charge in [-0.15, -0.1) is 0 Å². The molecule has 0 saturated heterocycles. The number of pyridine rings is 2. The van der Waals surface area contributed by atoms with Crippen molar-refractivity contribution in [3.05, 3.63) is 87.8 Å². The number of halogens is 1. The lowest BCUT2D eigenvalue weighted by atomic mass is 10.1. The Morgan fingerprint density at radius 3 is 2.50 bits per heavy atom. The van der Waals surface area contributed by atoms with Crippen LogP contribution in [0.3, 0.4) is 0 Å². The highest BCUT2D eigenvalue weighted by atomic mass is 35.5. The molecule has 168 valence electrons. The number of nitrogens with zero attached hydrogens (tertiary/aromatic N) is 2. The van der Waals surface area contributed by atoms with Crippen LogP contribution in [0.1, 0.15) is 5.56 Å². The van der Waals surface area contributed by atoms with Gasteiger partial charge in [-0.2, -0.15) is 0 Å². The summed E-state index contributed by atoms with van der Waals surface area (Å²) in [5, 5.41) is 3.70. The molecule has 0 spiro atoms. The van der Waals surface area contributed by atoms with Gasteiger partial charge in [0.25, 0.3) is 5.56 Å². The van der Waals surface area contributed by atoms with E-state index in [0.29, 0.717) is 34.3 Å². The van der Waals surface area contributed by atoms with Crippen molar-refractivity contribution in [1.29, 1.82) is 0 Å². The van der Waals surface area contributed by atoms with E-state index in [9.17, 15) is 4.79 Å². The maximum atomic E-state index is 13.8. The van der Waals surface area contributed by atoms with Crippen molar-refractivity contribution in [2.24, 2.45) is 0 Å². The summed E-state index contributed by atoms with van der Waals surface area (Å²) in [4.78, 5) is 18.4. The van der Waals surface area contributed by atoms with E-state index in [0.717, 1.165) is 38.3 Å². The normalized spacial score (nSPS) is 11.6. The molecule has 6 aromatic rings. The largest absolute Gasteiger partial charge is 0.493 e. The van der Waals surface area contributed by atoms with E-state index in [2.05, 4.69) is 4.98 Å². The molecule has 0 atom stereocenters. The smallest absolute Gasteiger partial charge is 0.267 e. The molecule has 0 saturated carbocycles. The molecule has 0 N–H and O–H groups in total. The predicted octanol–water partition coefficient (Wildman–Crippen LogP) is 5.84. The first-order valence-electron chi connectivity index (χ1n) is 10.7. The van der Waals surface area contributed by atoms with E-state index < -0.39 is 0 Å². The summed E-state index contributed by atoms with van der Waals surface area (Å²) in [5.74, 6) is 1.61. The SMILES string of the molecule is COc1ccc2c(c1OC)c(=O)n1c3ccc(OCc4ccc(Cl)cc4)cc3c3ccnc2c31. The Balaban J connectivity index is 1.59. The summed E-state index contributed by atoms with van der Waals surface area (Å²) >= 11 is 5.97. The third-order valence-corrected chi connectivity index (χ3v) is 6.44. The standard InChI is InChI=1S/C27H19ClN2O4/c1-32-22-10-8-19-23(26(22)33-2)27(31)30-21-9-7-17(34-14-15-3-5-16(28)6-4-15)13-20(21)18-11-12-29-24(19)25(18)30/h3-13H,14H2,1-2H3. The molecule has 3 aromatic heterocycles. The summed E-state index contributed by atoms with van der Waals surface area (Å²) in [6, 6.07) is 18.9. The van der Waals surface area contributed by atoms with Gasteiger partial charge < -0.3 is 14.2 Å². The van der Waals surface area contributed by atoms with Gasteiger partial charge in [-0.05, 0) is 54.1 Å². The predicted molar refractivity (Wildman–Crippen MR) is 134 cm³/mol. The molecule has 34 heavy (non-hydrogen) atoms. The van der Waals surface area contributed by atoms with E-state index in [1.54, 1.807) is 23.8 Å². The van der Waals surface area contributed by atoms with Crippen molar-refractivity contribution < 1.29 is 14.2 Å². The van der Waals surface area contributed by atoms with E-state index >= 15 is 0 Å². The summed E-state index contributed by atoms with van der Waals surface area (Å²) in [6.07, 6.45) is 1.76. The van der Waals surface area contributed by atoms with E-state index in [4.69, 9.17) is 25.8 Å². The molecule has 0 aliphatic rings. The minimum Gasteiger partial charge on any atom is -0.493 e. The van der Waals surface area contributed by atoms with Crippen molar-refractivity contribution >= 4 is 49.7 Å². The van der Waals surface area contributed by atoms with Crippen LogP contribution in [0, 0.1) is 0 Å². The molecule has 6 nitrogen and oxygen atoms in total. The number of hydrogen-bond acceptors (Lipinski definition) is 5. The third-order valence-electron chi connectivity index (χ3n) is 6.18. The van der Waals surface area contributed by atoms with Crippen molar-refractivity contribution in [3.63, 3.8) is 0 Å². The van der Waals surface area contributed by atoms with Crippen molar-refractivity contribution in [1.82, 2.24) is 9.38 Å². The lowest BCUT2D eigenvalue weighted by Gasteiger charge is -2.12. The molecule has 0 fully saturated rings. The number of fused-ring (bicyclic) bond motifs is 5. The van der Waals surface area contributed by atoms with Gasteiger partial charge >= 0.3 is 0 Å². The zero-order valence-electron chi connectivity index (χ0n) is 18.5. The van der Waals surface area contributed by atoms with E-state index in [-0.39, 0.29) is 5.56 Å². The molecule has 7 heteroatoms. The molecule has 6 rings (SSSR count). The molecule has 0 aliphatic carbocycles. The number of aromatic nitrogens is 2. The zero-order chi connectivity index (χ0) is 23.4. The second-order valence-electron chi connectivity index (χ2n) is 8.01. The Hall–Kier alpha value is -4.03. The quantitative estimate of drug-likeness (QED) is 0.296. The third kappa shape index (κ3) is 2.96. The van der Waals surface area contributed by atoms with Crippen LogP contribution in [-0.2, 0) is 6.61 Å². The second-order valence-corrected chi connectivity index (χ2v) is 8.45. The Morgan fingerprint density at radius 1 is 0.912 bits per heavy atom. The minimum atomic E-state index is -0.180. The van der Waals surface area contributed by atoms with Gasteiger partial charge in [0.15, 0.2) is 11.5 Å². The second kappa shape index (κ2) is 7.78. The Kier molecular flexibility index (Phi) is 4.71. The highest BCUT2D eigenvalue weighted by molar-refractivity contribution is 6.30. The average Bonchev–Trinajstić information content (AvgIpc) is 3.20. The molecule has 3 heterocycles. The van der Waals surface area contributed by atoms with Crippen molar-refractivity contribution in [2.75, 3.05) is 14.2 Å². The molecular weight excluding hydrogens is 452 g/mol. The molecule has 0 radical (unpaired) electrons. The monoisotopic (exact) mass is 470 g/mol. The first-order valence-corrected chi connectivity index (χ1v) is 11.1. The first-order chi connectivity index (χ1) is 16.6. The van der Waals surface area contributed by atoms with Crippen LogP contribution in [0.4, 0.5) is 0 Å². The fourth-order valence-electron chi connectivity index (χ4n) is 4.64. The van der Waals surface area contributed by atoms with E-state index in [1.807, 2.05) is 54.6 Å². The summed E-state index contributed by atoms with van der Waals surface area (Å²) in [6.45, 7) is 0.412. The Morgan fingerprint density at radius 2 is 1.74 bits per heavy atom. The minimum absolute atomic E-state index is 0.180. The van der Waals surface area contributed by atoms with Crippen LogP contribution < -0.4 is 19.8 Å². The first kappa shape index (κ1) is 20.6. The number of ether oxygens (including phenoxy) is 3. The van der Waals surface area contributed by atoms with Gasteiger partial charge in [-0.1, -0.05) is 23.7 Å². The van der Waals surface area contributed by atoms with Gasteiger partial charge in [0.2, 0.25) is 0 Å². The molecule has 0 amide bonds. The fourth-order valence-corrected chi connectivity index (χ4v) is 4.76. The maximum Gasteiger partial charge on any atom is 0.267 e. The summed E-state index contributed by atoms with van der Waals surface area (Å²) < 4.78 is 18.8. The Bertz CT molecular complexity index is 1760. The molecular formula is C27H19ClN2O4. The number of methoxy groups -OCH3 is 2. The highest BCUT2D eigenvalue weighted by Gasteiger charge is 2.22. The molecule has 0 bridgehead atoms. The number of benzene rings is 3. The van der Waals surface area contributed by atoms with Crippen LogP contribution >= 0.6 is 11.6 Å². The van der Waals surface area contributed by atoms with Crippen LogP contribution in [0.15, 0.2) is 71.7 Å². The zero-order valence-corrected chi connectivity index (χ0v) is 19.2. The lowest BCUT2D eigenvalue weighted by molar-refractivity contribution is 0.306. The number of hydrogen-bond donors (Lipinski definition) is 0. The Labute approximate surface area is 199 Å². The van der Waals surface area contributed by atoms with Gasteiger partial charge in [-0.3, -0.25) is 14.2 Å². The van der Waals surface area contributed by atoms with Crippen LogP contribution in [-0.4, -0.2) is 23.6 Å². The molecule has 3 aromatic carbocycles. The summed E-state index contributed by atoms with van der Waals surface area (Å²) in [7, 11) is 3.09. The fraction of sp³-hybridized carbons (Fsp3) is 0.111. The van der Waals surface area contributed by atoms with Crippen LogP contribution in [0.25, 0.3) is 38.1 Å². The average molecular weight is 471 g/mol. The van der Waals surface area contributed by atoms with Crippen molar-refractivity contribution in [3.8, 4) is 17.2 Å². The lowest BCUT2D eigenvalue weighted by Crippen LogP contribution is -2.14. The van der Waals surface area contributed by atoms with E-state index in [1.165, 1.54) is 7.11 Å². The number of rotatable bonds is 5. The van der Waals surface area contributed by atoms with Crippen LogP contribution in [0.5, 0.6) is 17.2 Å². The highest BCUT2D eigenvalue weighted by Crippen LogP contribution is 2.39. The topological polar surface area (TPSA) is 62.1 Å². The van der Waals surface area contributed by atoms with Crippen molar-refractivity contribution in [2.45, 2.75) is 6.61 Å². The van der Waals surface area contributed by atoms with Gasteiger partial charge in [-0.25, -0.2) is 0 Å². The summed E-state index contributed by atoms with van der Waals surface area (Å²) in [5.41, 5.74) is 3.12. The van der Waals surface area contributed by atoms with Gasteiger partial charge in [0, 0.05) is 27.4 Å². The molecule has 0 aliphatic heterocycles. The molecule has 0 unspecified atom stereocenters. The van der Waals surface area contributed by atoms with Gasteiger partial charge in [0.05, 0.1) is 36.2 Å². The van der Waals surface area contributed by atoms with Gasteiger partial charge in [0.1, 0.15) is 12.4 Å². The maximum absolute atomic E-state index is 13.8.